The molecule has 0 radical (unpaired) electrons. The Morgan fingerprint density at radius 3 is 2.35 bits per heavy atom. The van der Waals surface area contributed by atoms with E-state index >= 15 is 0 Å². The van der Waals surface area contributed by atoms with Gasteiger partial charge in [0.05, 0.1) is 21.5 Å². The molecule has 4 nitrogen and oxygen atoms in total. The van der Waals surface area contributed by atoms with Crippen LogP contribution < -0.4 is 10.0 Å². The Kier molecular flexibility index (Phi) is 5.12. The Hall–Kier alpha value is -0.560. The lowest BCUT2D eigenvalue weighted by molar-refractivity contribution is 0.402. The van der Waals surface area contributed by atoms with Crippen LogP contribution in [0.15, 0.2) is 12.1 Å². The van der Waals surface area contributed by atoms with Crippen molar-refractivity contribution in [3.63, 3.8) is 0 Å². The Morgan fingerprint density at radius 2 is 1.80 bits per heavy atom. The van der Waals surface area contributed by atoms with E-state index in [0.29, 0.717) is 0 Å². The van der Waals surface area contributed by atoms with Gasteiger partial charge in [-0.05, 0) is 44.0 Å². The van der Waals surface area contributed by atoms with Crippen LogP contribution in [0.3, 0.4) is 0 Å². The van der Waals surface area contributed by atoms with E-state index in [2.05, 4.69) is 10.0 Å². The van der Waals surface area contributed by atoms with E-state index in [1.54, 1.807) is 0 Å². The summed E-state index contributed by atoms with van der Waals surface area (Å²) in [6.45, 7) is 1.64. The minimum absolute atomic E-state index is 0.0126. The standard InChI is InChI=1S/C12H15Cl2FN2O2S/c13-10-5-9(15)6-11(14)12(10)17-20(18,19)7-8-1-3-16-4-2-8/h5-6,8,16-17H,1-4,7H2. The second-order valence-corrected chi connectivity index (χ2v) is 7.40. The fourth-order valence-electron chi connectivity index (χ4n) is 2.20. The first-order valence-electron chi connectivity index (χ1n) is 6.23. The summed E-state index contributed by atoms with van der Waals surface area (Å²) in [5.41, 5.74) is 0.0312. The van der Waals surface area contributed by atoms with Gasteiger partial charge >= 0.3 is 0 Å². The quantitative estimate of drug-likeness (QED) is 0.885. The van der Waals surface area contributed by atoms with E-state index in [4.69, 9.17) is 23.2 Å². The van der Waals surface area contributed by atoms with Crippen molar-refractivity contribution < 1.29 is 12.8 Å². The van der Waals surface area contributed by atoms with Crippen molar-refractivity contribution in [2.75, 3.05) is 23.6 Å². The highest BCUT2D eigenvalue weighted by molar-refractivity contribution is 7.92. The molecule has 0 aliphatic carbocycles. The molecule has 1 fully saturated rings. The molecule has 1 saturated heterocycles. The van der Waals surface area contributed by atoms with Gasteiger partial charge in [0.25, 0.3) is 0 Å². The molecule has 0 aromatic heterocycles. The summed E-state index contributed by atoms with van der Waals surface area (Å²) < 4.78 is 39.6. The molecule has 2 rings (SSSR count). The summed E-state index contributed by atoms with van der Waals surface area (Å²) in [6, 6.07) is 2.05. The normalized spacial score (nSPS) is 17.1. The lowest BCUT2D eigenvalue weighted by Gasteiger charge is -2.22. The molecule has 1 aliphatic rings. The van der Waals surface area contributed by atoms with Gasteiger partial charge in [-0.25, -0.2) is 12.8 Å². The summed E-state index contributed by atoms with van der Waals surface area (Å²) >= 11 is 11.6. The molecular weight excluding hydrogens is 326 g/mol. The molecule has 0 bridgehead atoms. The monoisotopic (exact) mass is 340 g/mol. The maximum Gasteiger partial charge on any atom is 0.233 e. The highest BCUT2D eigenvalue weighted by atomic mass is 35.5. The van der Waals surface area contributed by atoms with Crippen molar-refractivity contribution in [1.29, 1.82) is 0 Å². The molecule has 1 aliphatic heterocycles. The highest BCUT2D eigenvalue weighted by Gasteiger charge is 2.23. The van der Waals surface area contributed by atoms with Crippen LogP contribution >= 0.6 is 23.2 Å². The van der Waals surface area contributed by atoms with Crippen LogP contribution in [0.2, 0.25) is 10.0 Å². The summed E-state index contributed by atoms with van der Waals surface area (Å²) in [4.78, 5) is 0. The van der Waals surface area contributed by atoms with Crippen LogP contribution in [0.4, 0.5) is 10.1 Å². The lowest BCUT2D eigenvalue weighted by Crippen LogP contribution is -2.33. The molecule has 20 heavy (non-hydrogen) atoms. The van der Waals surface area contributed by atoms with Gasteiger partial charge in [0.2, 0.25) is 10.0 Å². The minimum atomic E-state index is -3.56. The van der Waals surface area contributed by atoms with Crippen LogP contribution in [-0.2, 0) is 10.0 Å². The van der Waals surface area contributed by atoms with Gasteiger partial charge < -0.3 is 5.32 Å². The van der Waals surface area contributed by atoms with Crippen molar-refractivity contribution in [3.8, 4) is 0 Å². The minimum Gasteiger partial charge on any atom is -0.317 e. The molecule has 2 N–H and O–H groups in total. The van der Waals surface area contributed by atoms with Gasteiger partial charge in [-0.2, -0.15) is 0 Å². The molecule has 0 amide bonds. The average molecular weight is 341 g/mol. The summed E-state index contributed by atoms with van der Waals surface area (Å²) in [5.74, 6) is -0.494. The SMILES string of the molecule is O=S(=O)(CC1CCNCC1)Nc1c(Cl)cc(F)cc1Cl. The maximum atomic E-state index is 13.1. The smallest absolute Gasteiger partial charge is 0.233 e. The van der Waals surface area contributed by atoms with Gasteiger partial charge in [0.15, 0.2) is 0 Å². The molecule has 1 heterocycles. The average Bonchev–Trinajstić information content (AvgIpc) is 2.34. The topological polar surface area (TPSA) is 58.2 Å². The van der Waals surface area contributed by atoms with Gasteiger partial charge in [-0.1, -0.05) is 23.2 Å². The van der Waals surface area contributed by atoms with E-state index in [-0.39, 0.29) is 27.4 Å². The second kappa shape index (κ2) is 6.47. The summed E-state index contributed by atoms with van der Waals surface area (Å²) in [5, 5.41) is 3.07. The third-order valence-corrected chi connectivity index (χ3v) is 5.20. The summed E-state index contributed by atoms with van der Waals surface area (Å²) in [6.07, 6.45) is 1.62. The Bertz CT molecular complexity index is 566. The van der Waals surface area contributed by atoms with Crippen molar-refractivity contribution in [1.82, 2.24) is 5.32 Å². The predicted molar refractivity (Wildman–Crippen MR) is 79.4 cm³/mol. The molecule has 0 atom stereocenters. The van der Waals surface area contributed by atoms with Gasteiger partial charge in [-0.15, -0.1) is 0 Å². The van der Waals surface area contributed by atoms with E-state index in [1.165, 1.54) is 0 Å². The second-order valence-electron chi connectivity index (χ2n) is 4.82. The van der Waals surface area contributed by atoms with Crippen molar-refractivity contribution in [2.24, 2.45) is 5.92 Å². The largest absolute Gasteiger partial charge is 0.317 e. The van der Waals surface area contributed by atoms with E-state index < -0.39 is 15.8 Å². The van der Waals surface area contributed by atoms with E-state index in [9.17, 15) is 12.8 Å². The Labute approximate surface area is 127 Å². The predicted octanol–water partition coefficient (Wildman–Crippen LogP) is 2.87. The maximum absolute atomic E-state index is 13.1. The lowest BCUT2D eigenvalue weighted by atomic mass is 10.0. The van der Waals surface area contributed by atoms with Crippen molar-refractivity contribution in [2.45, 2.75) is 12.8 Å². The zero-order valence-electron chi connectivity index (χ0n) is 10.6. The number of nitrogens with one attached hydrogen (secondary N) is 2. The first-order chi connectivity index (χ1) is 9.37. The molecule has 112 valence electrons. The van der Waals surface area contributed by atoms with Crippen molar-refractivity contribution >= 4 is 38.9 Å². The summed E-state index contributed by atoms with van der Waals surface area (Å²) in [7, 11) is -3.56. The first kappa shape index (κ1) is 15.8. The van der Waals surface area contributed by atoms with E-state index in [0.717, 1.165) is 38.1 Å². The number of benzene rings is 1. The molecule has 0 spiro atoms. The number of halogens is 3. The number of sulfonamides is 1. The Morgan fingerprint density at radius 1 is 1.25 bits per heavy atom. The first-order valence-corrected chi connectivity index (χ1v) is 8.64. The number of piperidine rings is 1. The number of anilines is 1. The Balaban J connectivity index is 2.11. The number of hydrogen-bond donors (Lipinski definition) is 2. The third kappa shape index (κ3) is 4.22. The fraction of sp³-hybridized carbons (Fsp3) is 0.500. The third-order valence-electron chi connectivity index (χ3n) is 3.18. The van der Waals surface area contributed by atoms with Crippen LogP contribution in [0.25, 0.3) is 0 Å². The van der Waals surface area contributed by atoms with Crippen LogP contribution in [-0.4, -0.2) is 27.3 Å². The zero-order chi connectivity index (χ0) is 14.8. The van der Waals surface area contributed by atoms with E-state index in [1.807, 2.05) is 0 Å². The molecule has 1 aromatic rings. The zero-order valence-corrected chi connectivity index (χ0v) is 13.0. The number of rotatable bonds is 4. The van der Waals surface area contributed by atoms with Crippen LogP contribution in [0.5, 0.6) is 0 Å². The number of hydrogen-bond acceptors (Lipinski definition) is 3. The fourth-order valence-corrected chi connectivity index (χ4v) is 4.43. The molecule has 0 unspecified atom stereocenters. The van der Waals surface area contributed by atoms with Gasteiger partial charge in [0.1, 0.15) is 5.82 Å². The van der Waals surface area contributed by atoms with Crippen LogP contribution in [0.1, 0.15) is 12.8 Å². The molecule has 1 aromatic carbocycles. The molecule has 8 heteroatoms. The van der Waals surface area contributed by atoms with Crippen molar-refractivity contribution in [3.05, 3.63) is 28.0 Å². The molecular formula is C12H15Cl2FN2O2S. The molecule has 0 saturated carbocycles. The van der Waals surface area contributed by atoms with Crippen LogP contribution in [0, 0.1) is 11.7 Å². The van der Waals surface area contributed by atoms with Gasteiger partial charge in [-0.3, -0.25) is 4.72 Å². The van der Waals surface area contributed by atoms with Gasteiger partial charge in [0, 0.05) is 0 Å². The highest BCUT2D eigenvalue weighted by Crippen LogP contribution is 2.32.